The van der Waals surface area contributed by atoms with Crippen LogP contribution in [0, 0.1) is 0 Å². The van der Waals surface area contributed by atoms with Crippen LogP contribution in [0.5, 0.6) is 11.5 Å². The van der Waals surface area contributed by atoms with Gasteiger partial charge in [-0.2, -0.15) is 0 Å². The second kappa shape index (κ2) is 9.47. The van der Waals surface area contributed by atoms with Crippen molar-refractivity contribution in [3.63, 3.8) is 0 Å². The van der Waals surface area contributed by atoms with Crippen molar-refractivity contribution in [3.05, 3.63) is 94.5 Å². The standard InChI is InChI=1S/C29H32ClNO4/c1-3-31(4-2)16-17-34-23-14-15-24-26(18-23)35-29(21-10-12-22(30)13-11-21)25(19-27(32)28(24,29)33)20-8-6-5-7-9-20/h5-15,18,25,27,32-33H,3-4,16-17,19H2,1-2H3. The predicted molar refractivity (Wildman–Crippen MR) is 137 cm³/mol. The van der Waals surface area contributed by atoms with Gasteiger partial charge in [-0.25, -0.2) is 0 Å². The molecule has 1 fully saturated rings. The Bertz CT molecular complexity index is 1170. The number of rotatable bonds is 8. The van der Waals surface area contributed by atoms with Gasteiger partial charge in [0.15, 0.2) is 11.2 Å². The first-order valence-corrected chi connectivity index (χ1v) is 12.7. The maximum absolute atomic E-state index is 12.3. The molecule has 5 nitrogen and oxygen atoms in total. The van der Waals surface area contributed by atoms with Crippen LogP contribution in [0.1, 0.15) is 42.9 Å². The lowest BCUT2D eigenvalue weighted by atomic mass is 9.71. The van der Waals surface area contributed by atoms with Gasteiger partial charge in [-0.1, -0.05) is 67.9 Å². The van der Waals surface area contributed by atoms with E-state index in [0.717, 1.165) is 30.8 Å². The van der Waals surface area contributed by atoms with Crippen molar-refractivity contribution in [2.45, 2.75) is 43.5 Å². The van der Waals surface area contributed by atoms with Crippen LogP contribution >= 0.6 is 11.6 Å². The molecule has 2 aliphatic rings. The molecular weight excluding hydrogens is 462 g/mol. The molecule has 1 aliphatic heterocycles. The van der Waals surface area contributed by atoms with Gasteiger partial charge in [0.2, 0.25) is 0 Å². The first-order valence-electron chi connectivity index (χ1n) is 12.3. The molecule has 0 aromatic heterocycles. The van der Waals surface area contributed by atoms with Crippen LogP contribution in [0.15, 0.2) is 72.8 Å². The van der Waals surface area contributed by atoms with Crippen molar-refractivity contribution < 1.29 is 19.7 Å². The molecule has 3 aromatic rings. The minimum atomic E-state index is -1.63. The Hall–Kier alpha value is -2.57. The summed E-state index contributed by atoms with van der Waals surface area (Å²) in [5, 5.41) is 24.3. The van der Waals surface area contributed by atoms with Gasteiger partial charge in [-0.3, -0.25) is 0 Å². The largest absolute Gasteiger partial charge is 0.492 e. The Balaban J connectivity index is 1.56. The molecule has 0 radical (unpaired) electrons. The molecule has 35 heavy (non-hydrogen) atoms. The number of hydrogen-bond acceptors (Lipinski definition) is 5. The van der Waals surface area contributed by atoms with Gasteiger partial charge in [-0.15, -0.1) is 0 Å². The molecule has 3 aromatic carbocycles. The highest BCUT2D eigenvalue weighted by atomic mass is 35.5. The summed E-state index contributed by atoms with van der Waals surface area (Å²) in [6.07, 6.45) is -0.649. The van der Waals surface area contributed by atoms with Gasteiger partial charge in [0.1, 0.15) is 18.1 Å². The number of ether oxygens (including phenoxy) is 2. The normalized spacial score (nSPS) is 26.9. The lowest BCUT2D eigenvalue weighted by molar-refractivity contribution is -0.149. The van der Waals surface area contributed by atoms with Gasteiger partial charge in [-0.05, 0) is 54.9 Å². The number of aliphatic hydroxyl groups excluding tert-OH is 1. The monoisotopic (exact) mass is 493 g/mol. The first-order chi connectivity index (χ1) is 16.9. The number of aliphatic hydroxyl groups is 2. The molecular formula is C29H32ClNO4. The fourth-order valence-corrected chi connectivity index (χ4v) is 5.96. The second-order valence-electron chi connectivity index (χ2n) is 9.36. The average molecular weight is 494 g/mol. The molecule has 6 heteroatoms. The van der Waals surface area contributed by atoms with Crippen LogP contribution in [0.4, 0.5) is 0 Å². The van der Waals surface area contributed by atoms with Crippen LogP contribution in [0.25, 0.3) is 0 Å². The maximum atomic E-state index is 12.3. The molecule has 0 saturated heterocycles. The lowest BCUT2D eigenvalue weighted by Gasteiger charge is -2.40. The van der Waals surface area contributed by atoms with Crippen LogP contribution in [0.2, 0.25) is 5.02 Å². The molecule has 0 bridgehead atoms. The summed E-state index contributed by atoms with van der Waals surface area (Å²) in [4.78, 5) is 2.30. The summed E-state index contributed by atoms with van der Waals surface area (Å²) >= 11 is 6.20. The maximum Gasteiger partial charge on any atom is 0.176 e. The van der Waals surface area contributed by atoms with E-state index < -0.39 is 17.3 Å². The van der Waals surface area contributed by atoms with Crippen molar-refractivity contribution in [1.29, 1.82) is 0 Å². The molecule has 0 amide bonds. The Morgan fingerprint density at radius 3 is 2.43 bits per heavy atom. The fraction of sp³-hybridized carbons (Fsp3) is 0.379. The molecule has 4 atom stereocenters. The molecule has 1 heterocycles. The molecule has 4 unspecified atom stereocenters. The number of nitrogens with zero attached hydrogens (tertiary/aromatic N) is 1. The molecule has 184 valence electrons. The zero-order valence-electron chi connectivity index (χ0n) is 20.2. The van der Waals surface area contributed by atoms with E-state index in [1.54, 1.807) is 12.1 Å². The quantitative estimate of drug-likeness (QED) is 0.458. The smallest absolute Gasteiger partial charge is 0.176 e. The number of hydrogen-bond donors (Lipinski definition) is 2. The number of halogens is 1. The van der Waals surface area contributed by atoms with Crippen molar-refractivity contribution in [3.8, 4) is 11.5 Å². The van der Waals surface area contributed by atoms with E-state index in [2.05, 4.69) is 18.7 Å². The van der Waals surface area contributed by atoms with Crippen LogP contribution in [0.3, 0.4) is 0 Å². The third-order valence-electron chi connectivity index (χ3n) is 7.68. The van der Waals surface area contributed by atoms with E-state index in [-0.39, 0.29) is 5.92 Å². The highest BCUT2D eigenvalue weighted by Gasteiger charge is 2.72. The van der Waals surface area contributed by atoms with Crippen molar-refractivity contribution in [2.24, 2.45) is 0 Å². The lowest BCUT2D eigenvalue weighted by Crippen LogP contribution is -2.51. The summed E-state index contributed by atoms with van der Waals surface area (Å²) in [7, 11) is 0. The zero-order valence-corrected chi connectivity index (χ0v) is 20.9. The second-order valence-corrected chi connectivity index (χ2v) is 9.80. The SMILES string of the molecule is CCN(CC)CCOc1ccc2c(c1)OC1(c3ccc(Cl)cc3)C(c3ccccc3)CC(O)C21O. The van der Waals surface area contributed by atoms with E-state index in [1.807, 2.05) is 60.7 Å². The summed E-state index contributed by atoms with van der Waals surface area (Å²) in [5.74, 6) is 0.934. The Labute approximate surface area is 211 Å². The summed E-state index contributed by atoms with van der Waals surface area (Å²) in [6.45, 7) is 7.61. The molecule has 5 rings (SSSR count). The summed E-state index contributed by atoms with van der Waals surface area (Å²) in [6, 6.07) is 22.8. The zero-order chi connectivity index (χ0) is 24.6. The van der Waals surface area contributed by atoms with Gasteiger partial charge < -0.3 is 24.6 Å². The number of fused-ring (bicyclic) bond motifs is 3. The Morgan fingerprint density at radius 2 is 1.74 bits per heavy atom. The molecule has 0 spiro atoms. The highest BCUT2D eigenvalue weighted by Crippen LogP contribution is 2.66. The Kier molecular flexibility index (Phi) is 6.53. The highest BCUT2D eigenvalue weighted by molar-refractivity contribution is 6.30. The molecule has 1 aliphatic carbocycles. The van der Waals surface area contributed by atoms with E-state index in [0.29, 0.717) is 35.1 Å². The summed E-state index contributed by atoms with van der Waals surface area (Å²) < 4.78 is 12.8. The first kappa shape index (κ1) is 24.1. The third-order valence-corrected chi connectivity index (χ3v) is 7.93. The third kappa shape index (κ3) is 3.82. The molecule has 1 saturated carbocycles. The van der Waals surface area contributed by atoms with Gasteiger partial charge in [0.05, 0.1) is 6.10 Å². The van der Waals surface area contributed by atoms with Gasteiger partial charge >= 0.3 is 0 Å². The van der Waals surface area contributed by atoms with Crippen molar-refractivity contribution in [1.82, 2.24) is 4.90 Å². The van der Waals surface area contributed by atoms with E-state index in [4.69, 9.17) is 21.1 Å². The number of likely N-dealkylation sites (N-methyl/N-ethyl adjacent to an activating group) is 1. The Morgan fingerprint density at radius 1 is 1.03 bits per heavy atom. The van der Waals surface area contributed by atoms with Gasteiger partial charge in [0.25, 0.3) is 0 Å². The summed E-state index contributed by atoms with van der Waals surface area (Å²) in [5.41, 5.74) is -0.484. The van der Waals surface area contributed by atoms with Crippen LogP contribution in [-0.2, 0) is 11.2 Å². The minimum absolute atomic E-state index is 0.274. The van der Waals surface area contributed by atoms with Gasteiger partial charge in [0, 0.05) is 29.1 Å². The minimum Gasteiger partial charge on any atom is -0.492 e. The van der Waals surface area contributed by atoms with Crippen molar-refractivity contribution >= 4 is 11.6 Å². The molecule has 2 N–H and O–H groups in total. The predicted octanol–water partition coefficient (Wildman–Crippen LogP) is 5.08. The van der Waals surface area contributed by atoms with E-state index in [1.165, 1.54) is 0 Å². The average Bonchev–Trinajstić information content (AvgIpc) is 3.27. The van der Waals surface area contributed by atoms with E-state index in [9.17, 15) is 10.2 Å². The van der Waals surface area contributed by atoms with E-state index >= 15 is 0 Å². The topological polar surface area (TPSA) is 62.2 Å². The van der Waals surface area contributed by atoms with Crippen LogP contribution in [-0.4, -0.2) is 47.5 Å². The van der Waals surface area contributed by atoms with Crippen LogP contribution < -0.4 is 9.47 Å². The van der Waals surface area contributed by atoms with Crippen molar-refractivity contribution in [2.75, 3.05) is 26.2 Å². The number of benzene rings is 3. The fourth-order valence-electron chi connectivity index (χ4n) is 5.83.